The molecular formula is C16H21BrN2S. The van der Waals surface area contributed by atoms with Crippen LogP contribution >= 0.6 is 27.7 Å². The lowest BCUT2D eigenvalue weighted by atomic mass is 10.1. The predicted molar refractivity (Wildman–Crippen MR) is 91.3 cm³/mol. The molecule has 1 aromatic heterocycles. The number of thioether (sulfide) groups is 1. The molecule has 0 unspecified atom stereocenters. The summed E-state index contributed by atoms with van der Waals surface area (Å²) in [6.07, 6.45) is 0. The van der Waals surface area contributed by atoms with Gasteiger partial charge in [-0.3, -0.25) is 4.68 Å². The highest BCUT2D eigenvalue weighted by Crippen LogP contribution is 2.27. The molecule has 0 saturated carbocycles. The van der Waals surface area contributed by atoms with Gasteiger partial charge in [0.15, 0.2) is 0 Å². The van der Waals surface area contributed by atoms with E-state index in [1.165, 1.54) is 22.4 Å². The number of hydrogen-bond donors (Lipinski definition) is 0. The van der Waals surface area contributed by atoms with Crippen LogP contribution in [-0.2, 0) is 18.1 Å². The van der Waals surface area contributed by atoms with Gasteiger partial charge in [-0.2, -0.15) is 16.9 Å². The second kappa shape index (κ2) is 6.81. The van der Waals surface area contributed by atoms with Crippen molar-refractivity contribution in [3.8, 4) is 0 Å². The number of benzene rings is 1. The Balaban J connectivity index is 2.02. The highest BCUT2D eigenvalue weighted by atomic mass is 79.9. The van der Waals surface area contributed by atoms with Crippen LogP contribution in [0.15, 0.2) is 22.7 Å². The minimum absolute atomic E-state index is 0.923. The van der Waals surface area contributed by atoms with Gasteiger partial charge in [0.05, 0.1) is 15.9 Å². The van der Waals surface area contributed by atoms with Gasteiger partial charge < -0.3 is 0 Å². The Bertz CT molecular complexity index is 585. The summed E-state index contributed by atoms with van der Waals surface area (Å²) in [5.74, 6) is 2.03. The van der Waals surface area contributed by atoms with Gasteiger partial charge in [-0.05, 0) is 49.2 Å². The summed E-state index contributed by atoms with van der Waals surface area (Å²) in [7, 11) is 0. The number of aryl methyl sites for hydroxylation is 4. The van der Waals surface area contributed by atoms with Crippen molar-refractivity contribution in [1.82, 2.24) is 9.78 Å². The maximum absolute atomic E-state index is 4.54. The van der Waals surface area contributed by atoms with E-state index in [0.717, 1.165) is 28.2 Å². The Hall–Kier alpha value is -0.740. The van der Waals surface area contributed by atoms with E-state index < -0.39 is 0 Å². The zero-order chi connectivity index (χ0) is 14.7. The molecular weight excluding hydrogens is 332 g/mol. The lowest BCUT2D eigenvalue weighted by Gasteiger charge is -2.07. The number of hydrogen-bond acceptors (Lipinski definition) is 2. The minimum atomic E-state index is 0.923. The number of aromatic nitrogens is 2. The summed E-state index contributed by atoms with van der Waals surface area (Å²) in [6.45, 7) is 9.43. The standard InChI is InChI=1S/C16H21BrN2S/c1-5-19-15(16(17)13(4)18-19)10-20-9-14-7-11(2)6-12(3)8-14/h6-8H,5,9-10H2,1-4H3. The summed E-state index contributed by atoms with van der Waals surface area (Å²) in [5, 5.41) is 4.54. The normalized spacial score (nSPS) is 11.1. The van der Waals surface area contributed by atoms with Crippen LogP contribution < -0.4 is 0 Å². The first-order chi connectivity index (χ1) is 9.51. The second-order valence-corrected chi connectivity index (χ2v) is 6.93. The third-order valence-corrected chi connectivity index (χ3v) is 5.29. The summed E-state index contributed by atoms with van der Waals surface area (Å²) in [6, 6.07) is 6.77. The fourth-order valence-electron chi connectivity index (χ4n) is 2.42. The van der Waals surface area contributed by atoms with Gasteiger partial charge in [0.1, 0.15) is 0 Å². The van der Waals surface area contributed by atoms with Gasteiger partial charge in [-0.25, -0.2) is 0 Å². The van der Waals surface area contributed by atoms with Crippen molar-refractivity contribution in [2.24, 2.45) is 0 Å². The molecule has 4 heteroatoms. The van der Waals surface area contributed by atoms with E-state index in [2.05, 4.69) is 64.7 Å². The molecule has 0 N–H and O–H groups in total. The molecule has 20 heavy (non-hydrogen) atoms. The van der Waals surface area contributed by atoms with Crippen LogP contribution in [0.1, 0.15) is 35.0 Å². The van der Waals surface area contributed by atoms with Crippen molar-refractivity contribution in [3.05, 3.63) is 50.8 Å². The van der Waals surface area contributed by atoms with E-state index >= 15 is 0 Å². The van der Waals surface area contributed by atoms with Crippen LogP contribution in [0.2, 0.25) is 0 Å². The van der Waals surface area contributed by atoms with E-state index in [0.29, 0.717) is 0 Å². The van der Waals surface area contributed by atoms with Gasteiger partial charge >= 0.3 is 0 Å². The molecule has 0 aliphatic heterocycles. The van der Waals surface area contributed by atoms with E-state index in [-0.39, 0.29) is 0 Å². The van der Waals surface area contributed by atoms with Crippen molar-refractivity contribution in [3.63, 3.8) is 0 Å². The Labute approximate surface area is 134 Å². The Morgan fingerprint density at radius 1 is 1.10 bits per heavy atom. The number of nitrogens with zero attached hydrogens (tertiary/aromatic N) is 2. The summed E-state index contributed by atoms with van der Waals surface area (Å²) >= 11 is 5.60. The van der Waals surface area contributed by atoms with Crippen molar-refractivity contribution in [2.75, 3.05) is 0 Å². The van der Waals surface area contributed by atoms with E-state index in [9.17, 15) is 0 Å². The molecule has 0 fully saturated rings. The Kier molecular flexibility index (Phi) is 5.33. The molecule has 0 atom stereocenters. The van der Waals surface area contributed by atoms with Crippen molar-refractivity contribution >= 4 is 27.7 Å². The molecule has 0 amide bonds. The van der Waals surface area contributed by atoms with Crippen molar-refractivity contribution < 1.29 is 0 Å². The third-order valence-electron chi connectivity index (χ3n) is 3.24. The molecule has 1 aromatic carbocycles. The smallest absolute Gasteiger partial charge is 0.0739 e. The highest BCUT2D eigenvalue weighted by molar-refractivity contribution is 9.10. The van der Waals surface area contributed by atoms with E-state index in [1.807, 2.05) is 18.7 Å². The SMILES string of the molecule is CCn1nc(C)c(Br)c1CSCc1cc(C)cc(C)c1. The largest absolute Gasteiger partial charge is 0.268 e. The second-order valence-electron chi connectivity index (χ2n) is 5.15. The molecule has 0 aliphatic rings. The maximum atomic E-state index is 4.54. The summed E-state index contributed by atoms with van der Waals surface area (Å²) in [4.78, 5) is 0. The van der Waals surface area contributed by atoms with E-state index in [4.69, 9.17) is 0 Å². The first-order valence-electron chi connectivity index (χ1n) is 6.88. The Morgan fingerprint density at radius 2 is 1.75 bits per heavy atom. The molecule has 0 radical (unpaired) electrons. The zero-order valence-corrected chi connectivity index (χ0v) is 14.9. The van der Waals surface area contributed by atoms with Crippen LogP contribution in [0.25, 0.3) is 0 Å². The molecule has 0 aliphatic carbocycles. The van der Waals surface area contributed by atoms with Crippen LogP contribution in [0.5, 0.6) is 0 Å². The van der Waals surface area contributed by atoms with Crippen LogP contribution in [-0.4, -0.2) is 9.78 Å². The molecule has 0 bridgehead atoms. The highest BCUT2D eigenvalue weighted by Gasteiger charge is 2.11. The van der Waals surface area contributed by atoms with Gasteiger partial charge in [0.25, 0.3) is 0 Å². The average molecular weight is 353 g/mol. The van der Waals surface area contributed by atoms with Crippen LogP contribution in [0.4, 0.5) is 0 Å². The summed E-state index contributed by atoms with van der Waals surface area (Å²) in [5.41, 5.74) is 6.46. The summed E-state index contributed by atoms with van der Waals surface area (Å²) < 4.78 is 3.25. The van der Waals surface area contributed by atoms with Gasteiger partial charge in [0.2, 0.25) is 0 Å². The minimum Gasteiger partial charge on any atom is -0.268 e. The average Bonchev–Trinajstić information content (AvgIpc) is 2.65. The molecule has 108 valence electrons. The molecule has 2 aromatic rings. The molecule has 2 rings (SSSR count). The lowest BCUT2D eigenvalue weighted by Crippen LogP contribution is -2.01. The monoisotopic (exact) mass is 352 g/mol. The quantitative estimate of drug-likeness (QED) is 0.751. The zero-order valence-electron chi connectivity index (χ0n) is 12.5. The molecule has 1 heterocycles. The fraction of sp³-hybridized carbons (Fsp3) is 0.438. The third kappa shape index (κ3) is 3.67. The predicted octanol–water partition coefficient (Wildman–Crippen LogP) is 5.02. The van der Waals surface area contributed by atoms with Gasteiger partial charge in [-0.15, -0.1) is 0 Å². The molecule has 2 nitrogen and oxygen atoms in total. The maximum Gasteiger partial charge on any atom is 0.0739 e. The lowest BCUT2D eigenvalue weighted by molar-refractivity contribution is 0.631. The van der Waals surface area contributed by atoms with Crippen molar-refractivity contribution in [2.45, 2.75) is 45.7 Å². The first-order valence-corrected chi connectivity index (χ1v) is 8.82. The van der Waals surface area contributed by atoms with Crippen molar-refractivity contribution in [1.29, 1.82) is 0 Å². The fourth-order valence-corrected chi connectivity index (χ4v) is 4.03. The topological polar surface area (TPSA) is 17.8 Å². The van der Waals surface area contributed by atoms with Crippen LogP contribution in [0.3, 0.4) is 0 Å². The molecule has 0 spiro atoms. The number of rotatable bonds is 5. The van der Waals surface area contributed by atoms with E-state index in [1.54, 1.807) is 0 Å². The first kappa shape index (κ1) is 15.6. The van der Waals surface area contributed by atoms with Gasteiger partial charge in [0, 0.05) is 18.1 Å². The Morgan fingerprint density at radius 3 is 2.35 bits per heavy atom. The van der Waals surface area contributed by atoms with Gasteiger partial charge in [-0.1, -0.05) is 29.3 Å². The molecule has 0 saturated heterocycles. The van der Waals surface area contributed by atoms with Crippen LogP contribution in [0, 0.1) is 20.8 Å². The number of halogens is 1.